The van der Waals surface area contributed by atoms with E-state index in [9.17, 15) is 9.59 Å². The second-order valence-electron chi connectivity index (χ2n) is 5.68. The molecule has 0 fully saturated rings. The number of benzene rings is 1. The Labute approximate surface area is 173 Å². The highest BCUT2D eigenvalue weighted by atomic mass is 35.5. The number of pyridine rings is 1. The van der Waals surface area contributed by atoms with Crippen LogP contribution in [0.5, 0.6) is 5.75 Å². The summed E-state index contributed by atoms with van der Waals surface area (Å²) in [6, 6.07) is 9.01. The lowest BCUT2D eigenvalue weighted by Crippen LogP contribution is -2.15. The van der Waals surface area contributed by atoms with Gasteiger partial charge in [0.2, 0.25) is 0 Å². The molecule has 2 heterocycles. The normalized spacial score (nSPS) is 11.4. The average Bonchev–Trinajstić information content (AvgIpc) is 2.92. The summed E-state index contributed by atoms with van der Waals surface area (Å²) in [6.07, 6.45) is 2.04. The number of aliphatic carboxylic acids is 1. The van der Waals surface area contributed by atoms with E-state index in [0.717, 1.165) is 17.0 Å². The lowest BCUT2D eigenvalue weighted by Gasteiger charge is -2.18. The van der Waals surface area contributed by atoms with Crippen molar-refractivity contribution in [3.05, 3.63) is 56.9 Å². The topological polar surface area (TPSA) is 81.4 Å². The van der Waals surface area contributed by atoms with E-state index < -0.39 is 5.97 Å². The third-order valence-electron chi connectivity index (χ3n) is 3.93. The van der Waals surface area contributed by atoms with Gasteiger partial charge in [0.1, 0.15) is 11.9 Å². The summed E-state index contributed by atoms with van der Waals surface area (Å²) >= 11 is 7.41. The third-order valence-corrected chi connectivity index (χ3v) is 5.17. The van der Waals surface area contributed by atoms with Crippen molar-refractivity contribution >= 4 is 39.1 Å². The van der Waals surface area contributed by atoms with Crippen molar-refractivity contribution in [1.29, 1.82) is 0 Å². The summed E-state index contributed by atoms with van der Waals surface area (Å²) in [6.45, 7) is 2.10. The Morgan fingerprint density at radius 3 is 2.71 bits per heavy atom. The largest absolute Gasteiger partial charge is 0.483 e. The summed E-state index contributed by atoms with van der Waals surface area (Å²) in [5.41, 5.74) is 1.42. The number of rotatable bonds is 7. The molecule has 0 saturated heterocycles. The summed E-state index contributed by atoms with van der Waals surface area (Å²) in [5, 5.41) is 9.21. The van der Waals surface area contributed by atoms with Gasteiger partial charge < -0.3 is 9.84 Å². The molecule has 6 nitrogen and oxygen atoms in total. The predicted molar refractivity (Wildman–Crippen MR) is 115 cm³/mol. The molecule has 0 aliphatic carbocycles. The van der Waals surface area contributed by atoms with Gasteiger partial charge in [-0.3, -0.25) is 19.1 Å². The standard InChI is InChI=1S/C18H17ClN2O4S.2CH4/c1-2-14(12-5-3-4-7-20-12)25-15-10-16-13(9-11(15)19)21(18(24)26-16)8-6-17(22)23;;/h3-5,7,9-10,14H,2,6,8H2,1H3,(H,22,23);2*1H4/t14-;;/m1../s1. The molecule has 1 aromatic carbocycles. The molecule has 0 amide bonds. The van der Waals surface area contributed by atoms with Crippen LogP contribution in [-0.4, -0.2) is 20.6 Å². The molecule has 0 saturated carbocycles. The second-order valence-corrected chi connectivity index (χ2v) is 7.08. The molecule has 0 bridgehead atoms. The van der Waals surface area contributed by atoms with Crippen molar-refractivity contribution in [3.8, 4) is 5.75 Å². The maximum atomic E-state index is 12.2. The van der Waals surface area contributed by atoms with Gasteiger partial charge in [-0.25, -0.2) is 0 Å². The van der Waals surface area contributed by atoms with Crippen molar-refractivity contribution in [3.63, 3.8) is 0 Å². The highest BCUT2D eigenvalue weighted by molar-refractivity contribution is 7.16. The van der Waals surface area contributed by atoms with Gasteiger partial charge in [-0.15, -0.1) is 0 Å². The van der Waals surface area contributed by atoms with Crippen LogP contribution < -0.4 is 9.61 Å². The number of carboxylic acids is 1. The fraction of sp³-hybridized carbons (Fsp3) is 0.350. The smallest absolute Gasteiger partial charge is 0.308 e. The van der Waals surface area contributed by atoms with Crippen LogP contribution in [0.2, 0.25) is 5.02 Å². The molecule has 0 aliphatic heterocycles. The Balaban J connectivity index is 0.00000196. The van der Waals surface area contributed by atoms with Crippen LogP contribution in [0.1, 0.15) is 46.4 Å². The van der Waals surface area contributed by atoms with Gasteiger partial charge in [-0.05, 0) is 24.6 Å². The van der Waals surface area contributed by atoms with Crippen LogP contribution >= 0.6 is 22.9 Å². The van der Waals surface area contributed by atoms with Gasteiger partial charge in [0.25, 0.3) is 0 Å². The first kappa shape index (κ1) is 23.7. The van der Waals surface area contributed by atoms with E-state index in [2.05, 4.69) is 4.98 Å². The lowest BCUT2D eigenvalue weighted by atomic mass is 10.2. The fourth-order valence-electron chi connectivity index (χ4n) is 2.65. The number of aromatic nitrogens is 2. The number of fused-ring (bicyclic) bond motifs is 1. The van der Waals surface area contributed by atoms with Gasteiger partial charge in [0.05, 0.1) is 27.4 Å². The molecule has 152 valence electrons. The molecule has 0 spiro atoms. The zero-order valence-corrected chi connectivity index (χ0v) is 15.6. The van der Waals surface area contributed by atoms with Crippen LogP contribution in [0.4, 0.5) is 0 Å². The molecule has 1 N–H and O–H groups in total. The monoisotopic (exact) mass is 424 g/mol. The third kappa shape index (κ3) is 5.11. The van der Waals surface area contributed by atoms with Crippen molar-refractivity contribution in [2.24, 2.45) is 0 Å². The van der Waals surface area contributed by atoms with Crippen molar-refractivity contribution < 1.29 is 14.6 Å². The maximum absolute atomic E-state index is 12.2. The molecule has 3 rings (SSSR count). The Morgan fingerprint density at radius 1 is 1.36 bits per heavy atom. The van der Waals surface area contributed by atoms with Crippen molar-refractivity contribution in [1.82, 2.24) is 9.55 Å². The summed E-state index contributed by atoms with van der Waals surface area (Å²) < 4.78 is 8.18. The van der Waals surface area contributed by atoms with Crippen LogP contribution in [0.3, 0.4) is 0 Å². The average molecular weight is 425 g/mol. The van der Waals surface area contributed by atoms with E-state index in [1.165, 1.54) is 4.57 Å². The number of hydrogen-bond donors (Lipinski definition) is 1. The van der Waals surface area contributed by atoms with E-state index in [0.29, 0.717) is 27.4 Å². The number of carboxylic acid groups (broad SMARTS) is 1. The van der Waals surface area contributed by atoms with Gasteiger partial charge in [0, 0.05) is 18.8 Å². The minimum absolute atomic E-state index is 0. The first-order chi connectivity index (χ1) is 12.5. The Bertz CT molecular complexity index is 985. The number of aryl methyl sites for hydroxylation is 1. The lowest BCUT2D eigenvalue weighted by molar-refractivity contribution is -0.137. The Kier molecular flexibility index (Phi) is 8.65. The molecule has 1 atom stereocenters. The maximum Gasteiger partial charge on any atom is 0.308 e. The quantitative estimate of drug-likeness (QED) is 0.550. The second kappa shape index (κ2) is 10.2. The van der Waals surface area contributed by atoms with Gasteiger partial charge in [-0.1, -0.05) is 50.8 Å². The predicted octanol–water partition coefficient (Wildman–Crippen LogP) is 5.39. The van der Waals surface area contributed by atoms with Crippen LogP contribution in [0.25, 0.3) is 10.2 Å². The van der Waals surface area contributed by atoms with Crippen LogP contribution in [-0.2, 0) is 11.3 Å². The van der Waals surface area contributed by atoms with Crippen molar-refractivity contribution in [2.45, 2.75) is 47.3 Å². The summed E-state index contributed by atoms with van der Waals surface area (Å²) in [7, 11) is 0. The Hall–Kier alpha value is -2.38. The summed E-state index contributed by atoms with van der Waals surface area (Å²) in [5.74, 6) is -0.480. The molecular weight excluding hydrogens is 400 g/mol. The Morgan fingerprint density at radius 2 is 2.11 bits per heavy atom. The van der Waals surface area contributed by atoms with E-state index in [-0.39, 0.29) is 38.8 Å². The van der Waals surface area contributed by atoms with Gasteiger partial charge in [-0.2, -0.15) is 0 Å². The van der Waals surface area contributed by atoms with Gasteiger partial charge in [0.15, 0.2) is 0 Å². The van der Waals surface area contributed by atoms with E-state index in [1.54, 1.807) is 18.3 Å². The van der Waals surface area contributed by atoms with E-state index >= 15 is 0 Å². The number of nitrogens with zero attached hydrogens (tertiary/aromatic N) is 2. The molecule has 8 heteroatoms. The first-order valence-electron chi connectivity index (χ1n) is 8.12. The number of halogens is 1. The fourth-order valence-corrected chi connectivity index (χ4v) is 3.78. The first-order valence-corrected chi connectivity index (χ1v) is 9.31. The number of hydrogen-bond acceptors (Lipinski definition) is 5. The molecule has 28 heavy (non-hydrogen) atoms. The SMILES string of the molecule is C.C.CC[C@@H](Oc1cc2sc(=O)n(CCC(=O)O)c2cc1Cl)c1ccccn1. The minimum Gasteiger partial charge on any atom is -0.483 e. The minimum atomic E-state index is -0.955. The van der Waals surface area contributed by atoms with Crippen LogP contribution in [0, 0.1) is 0 Å². The molecule has 0 radical (unpaired) electrons. The zero-order chi connectivity index (χ0) is 18.7. The molecular formula is C20H25ClN2O4S. The van der Waals surface area contributed by atoms with Gasteiger partial charge >= 0.3 is 10.8 Å². The van der Waals surface area contributed by atoms with Crippen LogP contribution in [0.15, 0.2) is 41.3 Å². The van der Waals surface area contributed by atoms with E-state index in [4.69, 9.17) is 21.4 Å². The molecule has 0 unspecified atom stereocenters. The highest BCUT2D eigenvalue weighted by Crippen LogP contribution is 2.35. The number of thiazole rings is 1. The number of ether oxygens (including phenoxy) is 1. The van der Waals surface area contributed by atoms with Crippen molar-refractivity contribution in [2.75, 3.05) is 0 Å². The molecule has 2 aromatic heterocycles. The summed E-state index contributed by atoms with van der Waals surface area (Å²) in [4.78, 5) is 27.1. The molecule has 3 aromatic rings. The number of carbonyl (C=O) groups is 1. The molecule has 0 aliphatic rings. The zero-order valence-electron chi connectivity index (χ0n) is 14.0. The highest BCUT2D eigenvalue weighted by Gasteiger charge is 2.17. The van der Waals surface area contributed by atoms with E-state index in [1.807, 2.05) is 25.1 Å².